The fraction of sp³-hybridized carbons (Fsp3) is 0.321. The number of likely N-dealkylation sites (N-methyl/N-ethyl adjacent to an activating group) is 2. The predicted octanol–water partition coefficient (Wildman–Crippen LogP) is 12.5. The Kier molecular flexibility index (Phi) is 23.2. The summed E-state index contributed by atoms with van der Waals surface area (Å²) in [6.45, 7) is 19.3. The number of benzene rings is 4. The normalized spacial score (nSPS) is 16.1. The van der Waals surface area contributed by atoms with Crippen LogP contribution in [0, 0.1) is 20.8 Å². The predicted molar refractivity (Wildman–Crippen MR) is 451 cm³/mol. The number of carbonyl (C=O) groups is 4. The van der Waals surface area contributed by atoms with Crippen molar-refractivity contribution in [2.75, 3.05) is 112 Å². The van der Waals surface area contributed by atoms with E-state index in [1.54, 1.807) is 78.3 Å². The second kappa shape index (κ2) is 33.5. The molecule has 0 radical (unpaired) electrons. The lowest BCUT2D eigenvalue weighted by Crippen LogP contribution is -2.47. The molecule has 13 aromatic rings. The van der Waals surface area contributed by atoms with Gasteiger partial charge >= 0.3 is 0 Å². The number of amides is 3. The molecule has 3 atom stereocenters. The molecule has 3 unspecified atom stereocenters. The van der Waals surface area contributed by atoms with Crippen molar-refractivity contribution in [2.45, 2.75) is 83.6 Å². The Morgan fingerprint density at radius 3 is 1.66 bits per heavy atom. The van der Waals surface area contributed by atoms with Gasteiger partial charge in [0.2, 0.25) is 17.7 Å². The monoisotopic (exact) mass is 1580 g/mol. The lowest BCUT2D eigenvalue weighted by molar-refractivity contribution is -0.140. The van der Waals surface area contributed by atoms with Gasteiger partial charge in [-0.05, 0) is 153 Å². The largest absolute Gasteiger partial charge is 0.495 e. The molecular formula is C84H92N18O8S3. The number of nitrogens with zero attached hydrogens (tertiary/aromatic N) is 15. The Balaban J connectivity index is 0.000000141. The number of hydrogen-bond acceptors (Lipinski definition) is 23. The van der Waals surface area contributed by atoms with E-state index in [1.807, 2.05) is 95.7 Å². The number of aliphatic hydroxyl groups excluding tert-OH is 1. The van der Waals surface area contributed by atoms with E-state index in [1.165, 1.54) is 31.1 Å². The van der Waals surface area contributed by atoms with Gasteiger partial charge < -0.3 is 65.3 Å². The van der Waals surface area contributed by atoms with Crippen LogP contribution in [0.25, 0.3) is 94.8 Å². The third-order valence-corrected chi connectivity index (χ3v) is 24.7. The Bertz CT molecular complexity index is 5850. The van der Waals surface area contributed by atoms with Crippen LogP contribution in [0.5, 0.6) is 17.2 Å². The standard InChI is InChI=1S/C29H35N7O3S.C29H34N6O3S.C26H23N5O2S/c1-7-24(37)36-14-19(13-21(36)29(38)34(5)9-8-33(3)4)35-15-20(25-27(30)31-16-32-28(25)35)23-12-18-10-17(2)11-22(39-6)26(18)40-23;1-18-12-19-14-24(39-27(19)23(13-18)38-2)22-16-35(29-26(22)28(30)31-17-32-29)20-5-11-34(15-20)25(37)4-3-8-33-9-6-21(36)7-10-33;1-4-19(32)11-16-6-5-7-17(10-16)13-31-26-22(25(27)28-14-29-26)23(30-31)21-12-18-8-15(2)9-20(33-3)24(18)34-21/h7,10-12,15-16,19,21H,1,8-9,13-14H2,2-6H3,(H2,30,31,32);3-4,12-14,16-17,20-21,36H,5-11,15H2,1-2H3,(H2,30,31,32);4-10,12,14H,1,11,13H2,2-3H3,(H2,27,28,29)/b;4-3+;. The number of fused-ring (bicyclic) bond motifs is 6. The van der Waals surface area contributed by atoms with Crippen molar-refractivity contribution in [1.82, 2.24) is 73.3 Å². The number of aromatic nitrogens is 10. The van der Waals surface area contributed by atoms with Gasteiger partial charge in [0.1, 0.15) is 76.7 Å². The number of methoxy groups -OCH3 is 3. The third-order valence-electron chi connectivity index (χ3n) is 21.1. The highest BCUT2D eigenvalue weighted by Gasteiger charge is 2.42. The number of allylic oxidation sites excluding steroid dienone is 1. The lowest BCUT2D eigenvalue weighted by Gasteiger charge is -2.28. The number of piperidine rings is 1. The quantitative estimate of drug-likeness (QED) is 0.0486. The number of ketones is 1. The van der Waals surface area contributed by atoms with E-state index >= 15 is 0 Å². The van der Waals surface area contributed by atoms with E-state index < -0.39 is 6.04 Å². The molecule has 3 aliphatic heterocycles. The minimum Gasteiger partial charge on any atom is -0.495 e. The molecule has 3 aliphatic rings. The highest BCUT2D eigenvalue weighted by molar-refractivity contribution is 7.23. The van der Waals surface area contributed by atoms with Crippen LogP contribution >= 0.6 is 34.0 Å². The number of carbonyl (C=O) groups excluding carboxylic acids is 4. The summed E-state index contributed by atoms with van der Waals surface area (Å²) in [5, 5.41) is 20.2. The minimum absolute atomic E-state index is 0.0140. The first-order valence-electron chi connectivity index (χ1n) is 37.4. The van der Waals surface area contributed by atoms with Gasteiger partial charge in [0, 0.05) is 105 Å². The molecule has 9 aromatic heterocycles. The van der Waals surface area contributed by atoms with Crippen molar-refractivity contribution in [3.8, 4) is 48.7 Å². The van der Waals surface area contributed by atoms with Gasteiger partial charge in [0.25, 0.3) is 0 Å². The third kappa shape index (κ3) is 16.3. The van der Waals surface area contributed by atoms with Crippen molar-refractivity contribution in [3.05, 3.63) is 176 Å². The Morgan fingerprint density at radius 1 is 0.602 bits per heavy atom. The number of anilines is 3. The molecule has 4 aromatic carbocycles. The number of likely N-dealkylation sites (tertiary alicyclic amines) is 3. The van der Waals surface area contributed by atoms with Gasteiger partial charge in [0.15, 0.2) is 11.4 Å². The Labute approximate surface area is 666 Å². The van der Waals surface area contributed by atoms with Crippen molar-refractivity contribution in [1.29, 1.82) is 0 Å². The van der Waals surface area contributed by atoms with Crippen LogP contribution < -0.4 is 31.4 Å². The van der Waals surface area contributed by atoms with Crippen molar-refractivity contribution < 1.29 is 38.5 Å². The molecular weight excluding hydrogens is 1490 g/mol. The number of rotatable bonds is 21. The topological polar surface area (TPSA) is 315 Å². The van der Waals surface area contributed by atoms with Crippen LogP contribution in [0.1, 0.15) is 65.6 Å². The number of ether oxygens (including phenoxy) is 3. The zero-order chi connectivity index (χ0) is 79.6. The highest BCUT2D eigenvalue weighted by atomic mass is 32.1. The maximum Gasteiger partial charge on any atom is 0.246 e. The first kappa shape index (κ1) is 78.2. The number of hydrogen-bond donors (Lipinski definition) is 4. The first-order chi connectivity index (χ1) is 54.5. The van der Waals surface area contributed by atoms with Crippen molar-refractivity contribution in [3.63, 3.8) is 0 Å². The SMILES string of the molecule is C=CC(=O)Cc1cccc(Cn2nc(-c3cc4cc(C)cc(OC)c4s3)c3c(N)ncnc32)c1.C=CC(=O)N1CC(n2cc(-c3cc4cc(C)cc(OC)c4s3)c3c(N)ncnc32)CC1C(=O)N(C)CCN(C)C.COc1cc(C)cc2cc(-c3cn(C4CCN(C(=O)/C=C/CN5CCC(O)CC5)C4)c4ncnc(N)c34)sc12. The summed E-state index contributed by atoms with van der Waals surface area (Å²) in [5.74, 6) is 3.42. The van der Waals surface area contributed by atoms with E-state index in [0.717, 1.165) is 174 Å². The highest BCUT2D eigenvalue weighted by Crippen LogP contribution is 2.48. The number of aryl methyl sites for hydroxylation is 3. The lowest BCUT2D eigenvalue weighted by atomic mass is 10.1. The van der Waals surface area contributed by atoms with E-state index in [2.05, 4.69) is 108 Å². The van der Waals surface area contributed by atoms with Crippen LogP contribution in [0.15, 0.2) is 148 Å². The van der Waals surface area contributed by atoms with Gasteiger partial charge in [-0.25, -0.2) is 34.6 Å². The molecule has 16 rings (SSSR count). The summed E-state index contributed by atoms with van der Waals surface area (Å²) in [6, 6.07) is 26.2. The summed E-state index contributed by atoms with van der Waals surface area (Å²) in [7, 11) is 10.8. The zero-order valence-electron chi connectivity index (χ0n) is 64.8. The molecule has 3 saturated heterocycles. The second-order valence-electron chi connectivity index (χ2n) is 29.3. The molecule has 0 spiro atoms. The molecule has 7 N–H and O–H groups in total. The number of thiophene rings is 3. The molecule has 0 bridgehead atoms. The average Bonchev–Trinajstić information content (AvgIpc) is 1.60. The van der Waals surface area contributed by atoms with E-state index in [0.29, 0.717) is 74.3 Å². The smallest absolute Gasteiger partial charge is 0.246 e. The zero-order valence-corrected chi connectivity index (χ0v) is 67.2. The van der Waals surface area contributed by atoms with Crippen LogP contribution in [0.4, 0.5) is 17.5 Å². The molecule has 26 nitrogen and oxygen atoms in total. The minimum atomic E-state index is -0.598. The Hall–Kier alpha value is -11.5. The van der Waals surface area contributed by atoms with Crippen LogP contribution in [0.3, 0.4) is 0 Å². The molecule has 3 fully saturated rings. The van der Waals surface area contributed by atoms with Crippen molar-refractivity contribution >= 4 is 138 Å². The molecule has 0 saturated carbocycles. The molecule has 113 heavy (non-hydrogen) atoms. The van der Waals surface area contributed by atoms with Gasteiger partial charge in [0.05, 0.1) is 81.2 Å². The van der Waals surface area contributed by atoms with Crippen LogP contribution in [0.2, 0.25) is 0 Å². The summed E-state index contributed by atoms with van der Waals surface area (Å²) in [5.41, 5.74) is 29.2. The summed E-state index contributed by atoms with van der Waals surface area (Å²) < 4.78 is 26.2. The number of nitrogens with two attached hydrogens (primary N) is 3. The molecule has 3 amide bonds. The summed E-state index contributed by atoms with van der Waals surface area (Å²) in [6.07, 6.45) is 17.9. The average molecular weight is 1580 g/mol. The van der Waals surface area contributed by atoms with Gasteiger partial charge in [-0.3, -0.25) is 24.1 Å². The number of aliphatic hydroxyl groups is 1. The molecule has 12 heterocycles. The molecule has 29 heteroatoms. The van der Waals surface area contributed by atoms with Gasteiger partial charge in [-0.2, -0.15) is 5.10 Å². The fourth-order valence-electron chi connectivity index (χ4n) is 15.4. The second-order valence-corrected chi connectivity index (χ2v) is 32.4. The van der Waals surface area contributed by atoms with Crippen LogP contribution in [-0.2, 0) is 32.1 Å². The van der Waals surface area contributed by atoms with Crippen molar-refractivity contribution in [2.24, 2.45) is 0 Å². The van der Waals surface area contributed by atoms with Gasteiger partial charge in [-0.15, -0.1) is 34.0 Å². The summed E-state index contributed by atoms with van der Waals surface area (Å²) in [4.78, 5) is 90.3. The number of nitrogen functional groups attached to an aromatic ring is 3. The Morgan fingerprint density at radius 2 is 1.12 bits per heavy atom. The maximum absolute atomic E-state index is 13.5. The fourth-order valence-corrected chi connectivity index (χ4v) is 18.8. The maximum atomic E-state index is 13.5. The van der Waals surface area contributed by atoms with E-state index in [4.69, 9.17) is 36.5 Å². The van der Waals surface area contributed by atoms with Gasteiger partial charge in [-0.1, -0.05) is 61.7 Å². The first-order valence-corrected chi connectivity index (χ1v) is 39.8. The van der Waals surface area contributed by atoms with E-state index in [-0.39, 0.29) is 41.7 Å². The van der Waals surface area contributed by atoms with Crippen LogP contribution in [-0.4, -0.2) is 209 Å². The summed E-state index contributed by atoms with van der Waals surface area (Å²) >= 11 is 4.91. The van der Waals surface area contributed by atoms with E-state index in [9.17, 15) is 24.3 Å². The molecule has 0 aliphatic carbocycles. The molecule has 584 valence electrons.